The zero-order valence-electron chi connectivity index (χ0n) is 13.0. The number of nitrogens with one attached hydrogen (secondary N) is 2. The number of H-pyrrole nitrogens is 1. The molecule has 0 spiro atoms. The molecule has 118 valence electrons. The molecule has 0 aromatic carbocycles. The lowest BCUT2D eigenvalue weighted by molar-refractivity contribution is 0.771. The van der Waals surface area contributed by atoms with Crippen LogP contribution < -0.4 is 16.6 Å². The van der Waals surface area contributed by atoms with Crippen LogP contribution in [0.1, 0.15) is 29.5 Å². The lowest BCUT2D eigenvalue weighted by Gasteiger charge is -2.09. The van der Waals surface area contributed by atoms with Gasteiger partial charge in [-0.1, -0.05) is 13.3 Å². The Bertz CT molecular complexity index is 786. The number of hydrogen-bond acceptors (Lipinski definition) is 5. The van der Waals surface area contributed by atoms with E-state index in [0.29, 0.717) is 12.4 Å². The lowest BCUT2D eigenvalue weighted by atomic mass is 10.3. The largest absolute Gasteiger partial charge is 0.370 e. The molecule has 0 aliphatic heterocycles. The Kier molecular flexibility index (Phi) is 5.32. The molecule has 0 aliphatic carbocycles. The van der Waals surface area contributed by atoms with Gasteiger partial charge in [-0.2, -0.15) is 0 Å². The zero-order chi connectivity index (χ0) is 16.1. The van der Waals surface area contributed by atoms with E-state index in [4.69, 9.17) is 0 Å². The number of aromatic nitrogens is 2. The molecule has 0 radical (unpaired) electrons. The van der Waals surface area contributed by atoms with Gasteiger partial charge in [0.2, 0.25) is 0 Å². The number of hydrogen-bond donors (Lipinski definition) is 2. The molecule has 0 atom stereocenters. The van der Waals surface area contributed by atoms with Crippen LogP contribution in [0.15, 0.2) is 26.7 Å². The van der Waals surface area contributed by atoms with Crippen molar-refractivity contribution in [1.29, 1.82) is 0 Å². The van der Waals surface area contributed by atoms with Crippen LogP contribution in [0.3, 0.4) is 0 Å². The second-order valence-electron chi connectivity index (χ2n) is 5.00. The van der Waals surface area contributed by atoms with Gasteiger partial charge in [0.1, 0.15) is 5.82 Å². The van der Waals surface area contributed by atoms with Crippen LogP contribution in [0.5, 0.6) is 0 Å². The number of rotatable bonds is 6. The Balaban J connectivity index is 2.38. The molecule has 2 N–H and O–H groups in total. The number of anilines is 1. The number of aliphatic imine (C=N–C) groups is 1. The van der Waals surface area contributed by atoms with E-state index in [-0.39, 0.29) is 5.69 Å². The molecule has 0 bridgehead atoms. The van der Waals surface area contributed by atoms with Gasteiger partial charge in [-0.15, -0.1) is 11.3 Å². The van der Waals surface area contributed by atoms with Gasteiger partial charge in [0.15, 0.2) is 5.69 Å². The highest BCUT2D eigenvalue weighted by Crippen LogP contribution is 2.18. The minimum Gasteiger partial charge on any atom is -0.370 e. The maximum absolute atomic E-state index is 12.3. The predicted molar refractivity (Wildman–Crippen MR) is 92.0 cm³/mol. The summed E-state index contributed by atoms with van der Waals surface area (Å²) in [5.74, 6) is 0.381. The Morgan fingerprint density at radius 2 is 2.18 bits per heavy atom. The summed E-state index contributed by atoms with van der Waals surface area (Å²) in [7, 11) is 1.44. The highest BCUT2D eigenvalue weighted by atomic mass is 32.1. The highest BCUT2D eigenvalue weighted by Gasteiger charge is 2.10. The number of aryl methyl sites for hydroxylation is 1. The lowest BCUT2D eigenvalue weighted by Crippen LogP contribution is -2.33. The van der Waals surface area contributed by atoms with Gasteiger partial charge in [0.05, 0.1) is 0 Å². The topological polar surface area (TPSA) is 79.2 Å². The molecule has 0 unspecified atom stereocenters. The third-order valence-electron chi connectivity index (χ3n) is 3.19. The fourth-order valence-corrected chi connectivity index (χ4v) is 2.65. The first-order chi connectivity index (χ1) is 10.5. The summed E-state index contributed by atoms with van der Waals surface area (Å²) in [4.78, 5) is 33.1. The summed E-state index contributed by atoms with van der Waals surface area (Å²) < 4.78 is 1.03. The molecule has 2 rings (SSSR count). The Morgan fingerprint density at radius 1 is 1.41 bits per heavy atom. The molecule has 0 aliphatic rings. The van der Waals surface area contributed by atoms with Crippen molar-refractivity contribution in [3.8, 4) is 0 Å². The van der Waals surface area contributed by atoms with Gasteiger partial charge in [-0.05, 0) is 25.5 Å². The van der Waals surface area contributed by atoms with E-state index in [1.807, 2.05) is 19.1 Å². The second kappa shape index (κ2) is 7.22. The van der Waals surface area contributed by atoms with Crippen molar-refractivity contribution in [2.75, 3.05) is 11.9 Å². The van der Waals surface area contributed by atoms with E-state index in [1.165, 1.54) is 11.9 Å². The number of aromatic amines is 1. The van der Waals surface area contributed by atoms with Gasteiger partial charge in [0.25, 0.3) is 5.56 Å². The SMILES string of the molecule is CCCCNc1[nH]c(=O)n(C)c(=O)c1N=Cc1ccc(C)s1. The molecule has 22 heavy (non-hydrogen) atoms. The van der Waals surface area contributed by atoms with Crippen molar-refractivity contribution >= 4 is 29.1 Å². The van der Waals surface area contributed by atoms with Gasteiger partial charge < -0.3 is 5.32 Å². The first kappa shape index (κ1) is 16.2. The zero-order valence-corrected chi connectivity index (χ0v) is 13.8. The average Bonchev–Trinajstić information content (AvgIpc) is 2.90. The second-order valence-corrected chi connectivity index (χ2v) is 6.32. The van der Waals surface area contributed by atoms with Crippen LogP contribution in [0, 0.1) is 6.92 Å². The van der Waals surface area contributed by atoms with Crippen LogP contribution in [0.25, 0.3) is 0 Å². The summed E-state index contributed by atoms with van der Waals surface area (Å²) in [6.45, 7) is 4.77. The minimum absolute atomic E-state index is 0.226. The van der Waals surface area contributed by atoms with E-state index in [1.54, 1.807) is 17.6 Å². The van der Waals surface area contributed by atoms with Gasteiger partial charge in [-0.3, -0.25) is 14.3 Å². The fraction of sp³-hybridized carbons (Fsp3) is 0.400. The van der Waals surface area contributed by atoms with Crippen LogP contribution in [0.4, 0.5) is 11.5 Å². The summed E-state index contributed by atoms with van der Waals surface area (Å²) >= 11 is 1.60. The monoisotopic (exact) mass is 320 g/mol. The summed E-state index contributed by atoms with van der Waals surface area (Å²) in [5, 5.41) is 3.09. The molecule has 2 heterocycles. The van der Waals surface area contributed by atoms with Gasteiger partial charge >= 0.3 is 5.69 Å². The fourth-order valence-electron chi connectivity index (χ4n) is 1.90. The van der Waals surface area contributed by atoms with E-state index in [0.717, 1.165) is 22.3 Å². The maximum Gasteiger partial charge on any atom is 0.329 e. The van der Waals surface area contributed by atoms with Gasteiger partial charge in [0, 0.05) is 29.6 Å². The van der Waals surface area contributed by atoms with Crippen LogP contribution in [-0.4, -0.2) is 22.3 Å². The van der Waals surface area contributed by atoms with Crippen molar-refractivity contribution in [3.05, 3.63) is 42.7 Å². The minimum atomic E-state index is -0.449. The van der Waals surface area contributed by atoms with Crippen molar-refractivity contribution in [2.24, 2.45) is 12.0 Å². The molecule has 0 amide bonds. The molecule has 0 saturated heterocycles. The number of unbranched alkanes of at least 4 members (excludes halogenated alkanes) is 1. The van der Waals surface area contributed by atoms with Crippen molar-refractivity contribution in [3.63, 3.8) is 0 Å². The summed E-state index contributed by atoms with van der Waals surface area (Å²) in [6.07, 6.45) is 3.62. The van der Waals surface area contributed by atoms with E-state index >= 15 is 0 Å². The normalized spacial score (nSPS) is 11.2. The number of nitrogens with zero attached hydrogens (tertiary/aromatic N) is 2. The van der Waals surface area contributed by atoms with E-state index < -0.39 is 11.2 Å². The standard InChI is InChI=1S/C15H20N4O2S/c1-4-5-8-16-13-12(14(20)19(3)15(21)18-13)17-9-11-7-6-10(2)22-11/h6-7,9,16H,4-5,8H2,1-3H3,(H,18,21). The molecule has 0 saturated carbocycles. The predicted octanol–water partition coefficient (Wildman–Crippen LogP) is 2.41. The smallest absolute Gasteiger partial charge is 0.329 e. The molecule has 0 fully saturated rings. The van der Waals surface area contributed by atoms with E-state index in [2.05, 4.69) is 22.2 Å². The molecule has 6 nitrogen and oxygen atoms in total. The van der Waals surface area contributed by atoms with Crippen molar-refractivity contribution in [1.82, 2.24) is 9.55 Å². The quantitative estimate of drug-likeness (QED) is 0.633. The Hall–Kier alpha value is -2.15. The Morgan fingerprint density at radius 3 is 2.82 bits per heavy atom. The number of thiophene rings is 1. The van der Waals surface area contributed by atoms with Crippen molar-refractivity contribution in [2.45, 2.75) is 26.7 Å². The van der Waals surface area contributed by atoms with Crippen LogP contribution in [-0.2, 0) is 7.05 Å². The molecule has 7 heteroatoms. The van der Waals surface area contributed by atoms with E-state index in [9.17, 15) is 9.59 Å². The van der Waals surface area contributed by atoms with Crippen LogP contribution in [0.2, 0.25) is 0 Å². The highest BCUT2D eigenvalue weighted by molar-refractivity contribution is 7.13. The first-order valence-electron chi connectivity index (χ1n) is 7.20. The van der Waals surface area contributed by atoms with Gasteiger partial charge in [-0.25, -0.2) is 9.79 Å². The van der Waals surface area contributed by atoms with Crippen LogP contribution >= 0.6 is 11.3 Å². The van der Waals surface area contributed by atoms with Crippen molar-refractivity contribution < 1.29 is 0 Å². The third-order valence-corrected chi connectivity index (χ3v) is 4.13. The molecule has 2 aromatic heterocycles. The summed E-state index contributed by atoms with van der Waals surface area (Å²) in [6, 6.07) is 3.95. The molecular formula is C15H20N4O2S. The first-order valence-corrected chi connectivity index (χ1v) is 8.02. The average molecular weight is 320 g/mol. The third kappa shape index (κ3) is 3.73. The summed E-state index contributed by atoms with van der Waals surface area (Å²) in [5.41, 5.74) is -0.633. The Labute approximate surface area is 132 Å². The molecular weight excluding hydrogens is 300 g/mol. The maximum atomic E-state index is 12.3. The molecule has 2 aromatic rings.